The number of hydrogen-bond acceptors (Lipinski definition) is 4. The molecule has 2 atom stereocenters. The second-order valence-corrected chi connectivity index (χ2v) is 6.76. The van der Waals surface area contributed by atoms with Gasteiger partial charge in [0.2, 0.25) is 0 Å². The summed E-state index contributed by atoms with van der Waals surface area (Å²) in [5.41, 5.74) is 1.15. The van der Waals surface area contributed by atoms with Crippen LogP contribution in [0.25, 0.3) is 0 Å². The zero-order valence-electron chi connectivity index (χ0n) is 14.2. The second kappa shape index (κ2) is 8.02. The van der Waals surface area contributed by atoms with Gasteiger partial charge in [-0.05, 0) is 62.9 Å². The number of nitrogens with zero attached hydrogens (tertiary/aromatic N) is 1. The maximum absolute atomic E-state index is 9.66. The molecule has 0 radical (unpaired) electrons. The fraction of sp³-hybridized carbons (Fsp3) is 0.684. The van der Waals surface area contributed by atoms with Crippen LogP contribution in [-0.2, 0) is 11.2 Å². The lowest BCUT2D eigenvalue weighted by molar-refractivity contribution is -0.0290. The Balaban J connectivity index is 1.52. The lowest BCUT2D eigenvalue weighted by Crippen LogP contribution is -2.45. The molecule has 0 amide bonds. The molecule has 0 bridgehead atoms. The van der Waals surface area contributed by atoms with Crippen molar-refractivity contribution in [3.05, 3.63) is 23.8 Å². The Bertz CT molecular complexity index is 499. The van der Waals surface area contributed by atoms with E-state index in [4.69, 9.17) is 9.47 Å². The number of likely N-dealkylation sites (tertiary alicyclic amines) is 1. The van der Waals surface area contributed by atoms with Crippen molar-refractivity contribution in [1.29, 1.82) is 0 Å². The largest absolute Gasteiger partial charge is 0.504 e. The summed E-state index contributed by atoms with van der Waals surface area (Å²) in [6.45, 7) is 3.24. The standard InChI is InChI=1S/C19H29NO3/c1-22-19-14-15(8-9-17(19)21)10-13-23-18-7-3-2-6-16(18)20-11-4-5-12-20/h8-9,14,16,18,21H,2-7,10-13H2,1H3/t16-,18-/m1/s1. The third-order valence-corrected chi connectivity index (χ3v) is 5.24. The second-order valence-electron chi connectivity index (χ2n) is 6.76. The van der Waals surface area contributed by atoms with Gasteiger partial charge in [-0.2, -0.15) is 0 Å². The Hall–Kier alpha value is -1.26. The van der Waals surface area contributed by atoms with Gasteiger partial charge in [-0.3, -0.25) is 4.90 Å². The Morgan fingerprint density at radius 2 is 1.91 bits per heavy atom. The van der Waals surface area contributed by atoms with Crippen LogP contribution in [0.3, 0.4) is 0 Å². The van der Waals surface area contributed by atoms with Crippen LogP contribution in [0, 0.1) is 0 Å². The molecule has 3 rings (SSSR count). The molecule has 2 fully saturated rings. The van der Waals surface area contributed by atoms with Crippen molar-refractivity contribution in [3.63, 3.8) is 0 Å². The Morgan fingerprint density at radius 1 is 1.13 bits per heavy atom. The molecule has 128 valence electrons. The van der Waals surface area contributed by atoms with Crippen molar-refractivity contribution in [2.75, 3.05) is 26.8 Å². The summed E-state index contributed by atoms with van der Waals surface area (Å²) < 4.78 is 11.4. The van der Waals surface area contributed by atoms with Crippen molar-refractivity contribution in [1.82, 2.24) is 4.90 Å². The van der Waals surface area contributed by atoms with E-state index in [1.165, 1.54) is 51.6 Å². The molecule has 1 N–H and O–H groups in total. The quantitative estimate of drug-likeness (QED) is 0.873. The Labute approximate surface area is 139 Å². The minimum Gasteiger partial charge on any atom is -0.504 e. The van der Waals surface area contributed by atoms with E-state index in [1.54, 1.807) is 13.2 Å². The first-order valence-corrected chi connectivity index (χ1v) is 8.99. The van der Waals surface area contributed by atoms with Crippen molar-refractivity contribution in [2.45, 2.75) is 57.1 Å². The summed E-state index contributed by atoms with van der Waals surface area (Å²) in [7, 11) is 1.58. The van der Waals surface area contributed by atoms with E-state index in [0.29, 0.717) is 17.9 Å². The van der Waals surface area contributed by atoms with Gasteiger partial charge < -0.3 is 14.6 Å². The van der Waals surface area contributed by atoms with Gasteiger partial charge in [-0.25, -0.2) is 0 Å². The molecule has 1 saturated heterocycles. The van der Waals surface area contributed by atoms with Gasteiger partial charge in [-0.1, -0.05) is 18.9 Å². The molecule has 1 aromatic carbocycles. The SMILES string of the molecule is COc1cc(CCO[C@@H]2CCCC[C@H]2N2CCCC2)ccc1O. The van der Waals surface area contributed by atoms with Gasteiger partial charge in [-0.15, -0.1) is 0 Å². The molecular formula is C19H29NO3. The van der Waals surface area contributed by atoms with E-state index in [-0.39, 0.29) is 5.75 Å². The Morgan fingerprint density at radius 3 is 2.70 bits per heavy atom. The van der Waals surface area contributed by atoms with E-state index in [2.05, 4.69) is 4.90 Å². The maximum Gasteiger partial charge on any atom is 0.160 e. The molecule has 1 saturated carbocycles. The number of phenols is 1. The third kappa shape index (κ3) is 4.18. The topological polar surface area (TPSA) is 41.9 Å². The Kier molecular flexibility index (Phi) is 5.79. The highest BCUT2D eigenvalue weighted by molar-refractivity contribution is 5.41. The van der Waals surface area contributed by atoms with Crippen LogP contribution in [0.5, 0.6) is 11.5 Å². The van der Waals surface area contributed by atoms with E-state index in [9.17, 15) is 5.11 Å². The van der Waals surface area contributed by atoms with Crippen LogP contribution in [-0.4, -0.2) is 49.0 Å². The summed E-state index contributed by atoms with van der Waals surface area (Å²) in [6.07, 6.45) is 9.06. The fourth-order valence-electron chi connectivity index (χ4n) is 3.97. The molecule has 1 heterocycles. The normalized spacial score (nSPS) is 25.6. The minimum atomic E-state index is 0.193. The molecule has 1 aliphatic heterocycles. The highest BCUT2D eigenvalue weighted by atomic mass is 16.5. The lowest BCUT2D eigenvalue weighted by Gasteiger charge is -2.37. The average Bonchev–Trinajstić information content (AvgIpc) is 3.11. The van der Waals surface area contributed by atoms with Crippen LogP contribution >= 0.6 is 0 Å². The molecule has 1 aromatic rings. The van der Waals surface area contributed by atoms with Gasteiger partial charge >= 0.3 is 0 Å². The summed E-state index contributed by atoms with van der Waals surface area (Å²) >= 11 is 0. The van der Waals surface area contributed by atoms with E-state index in [1.807, 2.05) is 12.1 Å². The molecule has 0 unspecified atom stereocenters. The highest BCUT2D eigenvalue weighted by Crippen LogP contribution is 2.29. The smallest absolute Gasteiger partial charge is 0.160 e. The first-order chi connectivity index (χ1) is 11.3. The van der Waals surface area contributed by atoms with Crippen LogP contribution in [0.15, 0.2) is 18.2 Å². The minimum absolute atomic E-state index is 0.193. The summed E-state index contributed by atoms with van der Waals surface area (Å²) in [4.78, 5) is 2.65. The third-order valence-electron chi connectivity index (χ3n) is 5.24. The van der Waals surface area contributed by atoms with Gasteiger partial charge in [0.15, 0.2) is 11.5 Å². The predicted molar refractivity (Wildman–Crippen MR) is 91.2 cm³/mol. The zero-order chi connectivity index (χ0) is 16.1. The molecule has 2 aliphatic rings. The number of phenolic OH excluding ortho intramolecular Hbond substituents is 1. The van der Waals surface area contributed by atoms with Gasteiger partial charge in [0.05, 0.1) is 19.8 Å². The van der Waals surface area contributed by atoms with Crippen molar-refractivity contribution in [3.8, 4) is 11.5 Å². The van der Waals surface area contributed by atoms with E-state index in [0.717, 1.165) is 18.6 Å². The predicted octanol–water partition coefficient (Wildman–Crippen LogP) is 3.37. The van der Waals surface area contributed by atoms with Gasteiger partial charge in [0.1, 0.15) is 0 Å². The molecule has 4 heteroatoms. The maximum atomic E-state index is 9.66. The lowest BCUT2D eigenvalue weighted by atomic mass is 9.91. The molecule has 4 nitrogen and oxygen atoms in total. The molecule has 0 aromatic heterocycles. The van der Waals surface area contributed by atoms with E-state index < -0.39 is 0 Å². The van der Waals surface area contributed by atoms with E-state index >= 15 is 0 Å². The number of benzene rings is 1. The molecule has 1 aliphatic carbocycles. The van der Waals surface area contributed by atoms with Crippen molar-refractivity contribution < 1.29 is 14.6 Å². The van der Waals surface area contributed by atoms with Crippen LogP contribution in [0.2, 0.25) is 0 Å². The van der Waals surface area contributed by atoms with Crippen LogP contribution in [0.1, 0.15) is 44.1 Å². The summed E-state index contributed by atoms with van der Waals surface area (Å²) in [5, 5.41) is 9.66. The fourth-order valence-corrected chi connectivity index (χ4v) is 3.97. The number of rotatable bonds is 6. The van der Waals surface area contributed by atoms with Crippen LogP contribution in [0.4, 0.5) is 0 Å². The van der Waals surface area contributed by atoms with Gasteiger partial charge in [0.25, 0.3) is 0 Å². The van der Waals surface area contributed by atoms with Gasteiger partial charge in [0, 0.05) is 6.04 Å². The molecular weight excluding hydrogens is 290 g/mol. The average molecular weight is 319 g/mol. The summed E-state index contributed by atoms with van der Waals surface area (Å²) in [5.74, 6) is 0.730. The number of hydrogen-bond donors (Lipinski definition) is 1. The monoisotopic (exact) mass is 319 g/mol. The van der Waals surface area contributed by atoms with Crippen LogP contribution < -0.4 is 4.74 Å². The zero-order valence-corrected chi connectivity index (χ0v) is 14.2. The number of aromatic hydroxyl groups is 1. The number of methoxy groups -OCH3 is 1. The molecule has 0 spiro atoms. The number of ether oxygens (including phenoxy) is 2. The van der Waals surface area contributed by atoms with Crippen molar-refractivity contribution in [2.24, 2.45) is 0 Å². The highest BCUT2D eigenvalue weighted by Gasteiger charge is 2.31. The first-order valence-electron chi connectivity index (χ1n) is 8.99. The summed E-state index contributed by atoms with van der Waals surface area (Å²) in [6, 6.07) is 6.17. The molecule has 23 heavy (non-hydrogen) atoms. The first kappa shape index (κ1) is 16.6. The van der Waals surface area contributed by atoms with Crippen molar-refractivity contribution >= 4 is 0 Å².